The van der Waals surface area contributed by atoms with E-state index in [-0.39, 0.29) is 13.0 Å². The molecule has 2 atom stereocenters. The SMILES string of the molecule is CC(C)(C)OC(=O)[C@H](CC(=O)O)N1CC(C(=O)O)CC1=O. The zero-order valence-electron chi connectivity index (χ0n) is 12.2. The fraction of sp³-hybridized carbons (Fsp3) is 0.692. The Kier molecular flexibility index (Phi) is 4.93. The van der Waals surface area contributed by atoms with Crippen LogP contribution in [0.3, 0.4) is 0 Å². The molecule has 0 bridgehead atoms. The molecule has 1 aliphatic rings. The highest BCUT2D eigenvalue weighted by molar-refractivity contribution is 5.91. The quantitative estimate of drug-likeness (QED) is 0.691. The molecule has 21 heavy (non-hydrogen) atoms. The fourth-order valence-electron chi connectivity index (χ4n) is 2.05. The Morgan fingerprint density at radius 1 is 1.33 bits per heavy atom. The van der Waals surface area contributed by atoms with Crippen LogP contribution in [-0.2, 0) is 23.9 Å². The molecule has 0 aromatic heterocycles. The van der Waals surface area contributed by atoms with Gasteiger partial charge in [0.15, 0.2) is 0 Å². The molecule has 1 heterocycles. The van der Waals surface area contributed by atoms with Gasteiger partial charge in [-0.15, -0.1) is 0 Å². The second kappa shape index (κ2) is 6.11. The van der Waals surface area contributed by atoms with Gasteiger partial charge in [-0.3, -0.25) is 14.4 Å². The normalized spacial score (nSPS) is 20.2. The lowest BCUT2D eigenvalue weighted by molar-refractivity contribution is -0.166. The Labute approximate surface area is 121 Å². The van der Waals surface area contributed by atoms with E-state index in [1.165, 1.54) is 0 Å². The smallest absolute Gasteiger partial charge is 0.329 e. The van der Waals surface area contributed by atoms with Gasteiger partial charge in [-0.1, -0.05) is 0 Å². The van der Waals surface area contributed by atoms with E-state index in [1.54, 1.807) is 20.8 Å². The molecule has 0 spiro atoms. The van der Waals surface area contributed by atoms with Crippen LogP contribution in [0.2, 0.25) is 0 Å². The first kappa shape index (κ1) is 16.9. The van der Waals surface area contributed by atoms with Gasteiger partial charge in [-0.25, -0.2) is 4.79 Å². The van der Waals surface area contributed by atoms with Crippen LogP contribution in [0.25, 0.3) is 0 Å². The van der Waals surface area contributed by atoms with Crippen molar-refractivity contribution in [3.63, 3.8) is 0 Å². The molecule has 1 amide bonds. The molecule has 118 valence electrons. The van der Waals surface area contributed by atoms with Gasteiger partial charge in [0.25, 0.3) is 0 Å². The van der Waals surface area contributed by atoms with Crippen LogP contribution in [0, 0.1) is 5.92 Å². The topological polar surface area (TPSA) is 121 Å². The van der Waals surface area contributed by atoms with Gasteiger partial charge in [0.05, 0.1) is 12.3 Å². The van der Waals surface area contributed by atoms with E-state index in [1.807, 2.05) is 0 Å². The van der Waals surface area contributed by atoms with Crippen molar-refractivity contribution in [3.05, 3.63) is 0 Å². The van der Waals surface area contributed by atoms with E-state index in [9.17, 15) is 19.2 Å². The molecule has 0 aliphatic carbocycles. The maximum atomic E-state index is 12.1. The summed E-state index contributed by atoms with van der Waals surface area (Å²) in [4.78, 5) is 46.7. The average molecular weight is 301 g/mol. The number of amides is 1. The maximum Gasteiger partial charge on any atom is 0.329 e. The van der Waals surface area contributed by atoms with Gasteiger partial charge in [-0.05, 0) is 20.8 Å². The molecular weight excluding hydrogens is 282 g/mol. The zero-order chi connectivity index (χ0) is 16.4. The van der Waals surface area contributed by atoms with Crippen molar-refractivity contribution in [1.29, 1.82) is 0 Å². The van der Waals surface area contributed by atoms with Crippen LogP contribution >= 0.6 is 0 Å². The summed E-state index contributed by atoms with van der Waals surface area (Å²) in [5, 5.41) is 17.8. The minimum atomic E-state index is -1.31. The molecule has 8 heteroatoms. The van der Waals surface area contributed by atoms with E-state index in [4.69, 9.17) is 14.9 Å². The number of rotatable bonds is 5. The van der Waals surface area contributed by atoms with Crippen LogP contribution in [0.5, 0.6) is 0 Å². The van der Waals surface area contributed by atoms with Gasteiger partial charge in [-0.2, -0.15) is 0 Å². The third-order valence-corrected chi connectivity index (χ3v) is 2.93. The minimum absolute atomic E-state index is 0.189. The number of ether oxygens (including phenoxy) is 1. The molecule has 1 aliphatic heterocycles. The Morgan fingerprint density at radius 3 is 2.29 bits per heavy atom. The summed E-state index contributed by atoms with van der Waals surface area (Å²) in [5.74, 6) is -4.75. The number of hydrogen-bond donors (Lipinski definition) is 2. The summed E-state index contributed by atoms with van der Waals surface area (Å²) < 4.78 is 5.11. The molecule has 0 aromatic carbocycles. The van der Waals surface area contributed by atoms with Crippen molar-refractivity contribution in [1.82, 2.24) is 4.90 Å². The molecule has 8 nitrogen and oxygen atoms in total. The summed E-state index contributed by atoms with van der Waals surface area (Å²) in [6, 6.07) is -1.31. The molecular formula is C13H19NO7. The number of aliphatic carboxylic acids is 2. The summed E-state index contributed by atoms with van der Waals surface area (Å²) in [5.41, 5.74) is -0.831. The number of carboxylic acids is 2. The number of carboxylic acid groups (broad SMARTS) is 2. The van der Waals surface area contributed by atoms with Crippen LogP contribution in [-0.4, -0.2) is 57.1 Å². The lowest BCUT2D eigenvalue weighted by Crippen LogP contribution is -2.46. The molecule has 0 saturated carbocycles. The number of carbonyl (C=O) groups is 4. The zero-order valence-corrected chi connectivity index (χ0v) is 12.2. The molecule has 0 radical (unpaired) electrons. The van der Waals surface area contributed by atoms with Crippen LogP contribution in [0.1, 0.15) is 33.6 Å². The van der Waals surface area contributed by atoms with E-state index in [0.717, 1.165) is 4.90 Å². The Balaban J connectivity index is 2.92. The first-order valence-corrected chi connectivity index (χ1v) is 6.48. The molecule has 1 fully saturated rings. The standard InChI is InChI=1S/C13H19NO7/c1-13(2,3)21-12(20)8(5-10(16)17)14-6-7(11(18)19)4-9(14)15/h7-8H,4-6H2,1-3H3,(H,16,17)(H,18,19)/t7?,8-/m0/s1. The van der Waals surface area contributed by atoms with Gasteiger partial charge >= 0.3 is 17.9 Å². The molecule has 2 N–H and O–H groups in total. The molecule has 1 rings (SSSR count). The van der Waals surface area contributed by atoms with Gasteiger partial charge in [0, 0.05) is 13.0 Å². The lowest BCUT2D eigenvalue weighted by atomic mass is 10.1. The maximum absolute atomic E-state index is 12.1. The van der Waals surface area contributed by atoms with Crippen LogP contribution < -0.4 is 0 Å². The minimum Gasteiger partial charge on any atom is -0.481 e. The fourth-order valence-corrected chi connectivity index (χ4v) is 2.05. The highest BCUT2D eigenvalue weighted by atomic mass is 16.6. The van der Waals surface area contributed by atoms with Gasteiger partial charge < -0.3 is 19.8 Å². The van der Waals surface area contributed by atoms with Gasteiger partial charge in [0.2, 0.25) is 5.91 Å². The predicted octanol–water partition coefficient (Wildman–Crippen LogP) is 0.105. The summed E-state index contributed by atoms with van der Waals surface area (Å²) in [6.45, 7) is 4.67. The first-order valence-electron chi connectivity index (χ1n) is 6.48. The predicted molar refractivity (Wildman–Crippen MR) is 69.3 cm³/mol. The number of hydrogen-bond acceptors (Lipinski definition) is 5. The Hall–Kier alpha value is -2.12. The van der Waals surface area contributed by atoms with E-state index in [0.29, 0.717) is 0 Å². The summed E-state index contributed by atoms with van der Waals surface area (Å²) in [6.07, 6.45) is -0.860. The third kappa shape index (κ3) is 4.73. The van der Waals surface area contributed by atoms with Crippen molar-refractivity contribution >= 4 is 23.8 Å². The second-order valence-electron chi connectivity index (χ2n) is 5.93. The lowest BCUT2D eigenvalue weighted by Gasteiger charge is -2.28. The Bertz CT molecular complexity index is 466. The summed E-state index contributed by atoms with van der Waals surface area (Å²) in [7, 11) is 0. The van der Waals surface area contributed by atoms with Crippen molar-refractivity contribution < 1.29 is 34.1 Å². The monoisotopic (exact) mass is 301 g/mol. The van der Waals surface area contributed by atoms with Crippen molar-refractivity contribution in [2.24, 2.45) is 5.92 Å². The van der Waals surface area contributed by atoms with Crippen molar-refractivity contribution in [2.45, 2.75) is 45.3 Å². The molecule has 0 aromatic rings. The highest BCUT2D eigenvalue weighted by Gasteiger charge is 2.42. The van der Waals surface area contributed by atoms with Crippen LogP contribution in [0.4, 0.5) is 0 Å². The largest absolute Gasteiger partial charge is 0.481 e. The second-order valence-corrected chi connectivity index (χ2v) is 5.93. The number of likely N-dealkylation sites (tertiary alicyclic amines) is 1. The molecule has 1 unspecified atom stereocenters. The molecule has 1 saturated heterocycles. The van der Waals surface area contributed by atoms with Crippen molar-refractivity contribution in [3.8, 4) is 0 Å². The number of carbonyl (C=O) groups excluding carboxylic acids is 2. The highest BCUT2D eigenvalue weighted by Crippen LogP contribution is 2.23. The average Bonchev–Trinajstić information content (AvgIpc) is 2.65. The van der Waals surface area contributed by atoms with E-state index >= 15 is 0 Å². The van der Waals surface area contributed by atoms with Gasteiger partial charge in [0.1, 0.15) is 11.6 Å². The van der Waals surface area contributed by atoms with Crippen LogP contribution in [0.15, 0.2) is 0 Å². The number of nitrogens with zero attached hydrogens (tertiary/aromatic N) is 1. The Morgan fingerprint density at radius 2 is 1.90 bits per heavy atom. The van der Waals surface area contributed by atoms with E-state index < -0.39 is 47.8 Å². The third-order valence-electron chi connectivity index (χ3n) is 2.93. The first-order chi connectivity index (χ1) is 9.51. The number of esters is 1. The summed E-state index contributed by atoms with van der Waals surface area (Å²) >= 11 is 0. The van der Waals surface area contributed by atoms with E-state index in [2.05, 4.69) is 0 Å². The van der Waals surface area contributed by atoms with Crippen molar-refractivity contribution in [2.75, 3.05) is 6.54 Å².